The van der Waals surface area contributed by atoms with Crippen molar-refractivity contribution in [3.63, 3.8) is 0 Å². The van der Waals surface area contributed by atoms with Crippen molar-refractivity contribution in [2.75, 3.05) is 6.61 Å². The molecule has 1 aromatic heterocycles. The van der Waals surface area contributed by atoms with Crippen LogP contribution in [0.5, 0.6) is 5.75 Å². The van der Waals surface area contributed by atoms with Gasteiger partial charge in [0, 0.05) is 22.3 Å². The third-order valence-electron chi connectivity index (χ3n) is 5.27. The predicted molar refractivity (Wildman–Crippen MR) is 111 cm³/mol. The number of aliphatic hydroxyl groups is 1. The quantitative estimate of drug-likeness (QED) is 0.492. The number of aromatic nitrogens is 2. The molecule has 0 aliphatic heterocycles. The predicted octanol–water partition coefficient (Wildman–Crippen LogP) is 3.25. The van der Waals surface area contributed by atoms with Crippen molar-refractivity contribution in [2.45, 2.75) is 12.6 Å². The molecule has 0 fully saturated rings. The molecule has 1 N–H and O–H groups in total. The summed E-state index contributed by atoms with van der Waals surface area (Å²) in [6.45, 7) is 0.375. The maximum atomic E-state index is 12.8. The number of ether oxygens (including phenoxy) is 1. The number of imidazole rings is 1. The molecule has 6 nitrogen and oxygen atoms in total. The van der Waals surface area contributed by atoms with E-state index in [1.54, 1.807) is 48.8 Å². The Hall–Kier alpha value is -3.77. The van der Waals surface area contributed by atoms with Gasteiger partial charge in [-0.3, -0.25) is 9.59 Å². The fraction of sp³-hybridized carbons (Fsp3) is 0.125. The highest BCUT2D eigenvalue weighted by Gasteiger charge is 2.29. The molecule has 1 unspecified atom stereocenters. The van der Waals surface area contributed by atoms with Crippen LogP contribution in [0.2, 0.25) is 0 Å². The third kappa shape index (κ3) is 3.07. The second-order valence-corrected chi connectivity index (χ2v) is 7.26. The van der Waals surface area contributed by atoms with E-state index < -0.39 is 6.10 Å². The monoisotopic (exact) mass is 398 g/mol. The van der Waals surface area contributed by atoms with E-state index in [-0.39, 0.29) is 18.2 Å². The van der Waals surface area contributed by atoms with Crippen molar-refractivity contribution in [3.05, 3.63) is 95.3 Å². The molecule has 1 heterocycles. The summed E-state index contributed by atoms with van der Waals surface area (Å²) < 4.78 is 7.59. The van der Waals surface area contributed by atoms with Gasteiger partial charge in [-0.15, -0.1) is 0 Å². The normalized spacial score (nSPS) is 13.8. The van der Waals surface area contributed by atoms with E-state index in [9.17, 15) is 14.7 Å². The molecule has 1 aliphatic rings. The van der Waals surface area contributed by atoms with Crippen LogP contribution < -0.4 is 4.74 Å². The van der Waals surface area contributed by atoms with Crippen LogP contribution in [-0.2, 0) is 6.54 Å². The SMILES string of the molecule is O=C1c2ccccc2C(=O)c2cc(OCC(O)Cn3cnc4ccccc43)ccc21. The number of carbonyl (C=O) groups is 2. The van der Waals surface area contributed by atoms with Crippen LogP contribution in [0.3, 0.4) is 0 Å². The van der Waals surface area contributed by atoms with Gasteiger partial charge in [0.2, 0.25) is 0 Å². The summed E-state index contributed by atoms with van der Waals surface area (Å²) in [5, 5.41) is 10.4. The average Bonchev–Trinajstić information content (AvgIpc) is 3.19. The minimum atomic E-state index is -0.767. The second-order valence-electron chi connectivity index (χ2n) is 7.26. The number of fused-ring (bicyclic) bond motifs is 3. The summed E-state index contributed by atoms with van der Waals surface area (Å²) in [4.78, 5) is 29.8. The van der Waals surface area contributed by atoms with Gasteiger partial charge in [0.05, 0.1) is 23.9 Å². The number of para-hydroxylation sites is 2. The maximum Gasteiger partial charge on any atom is 0.194 e. The largest absolute Gasteiger partial charge is 0.491 e. The molecule has 0 saturated carbocycles. The first kappa shape index (κ1) is 18.3. The molecule has 0 amide bonds. The topological polar surface area (TPSA) is 81.4 Å². The van der Waals surface area contributed by atoms with Gasteiger partial charge in [0.15, 0.2) is 11.6 Å². The number of rotatable bonds is 5. The van der Waals surface area contributed by atoms with Crippen molar-refractivity contribution in [3.8, 4) is 5.75 Å². The number of nitrogens with zero attached hydrogens (tertiary/aromatic N) is 2. The molecular weight excluding hydrogens is 380 g/mol. The lowest BCUT2D eigenvalue weighted by molar-refractivity contribution is 0.0929. The van der Waals surface area contributed by atoms with E-state index in [4.69, 9.17) is 4.74 Å². The zero-order valence-corrected chi connectivity index (χ0v) is 16.0. The van der Waals surface area contributed by atoms with Crippen molar-refractivity contribution in [1.82, 2.24) is 9.55 Å². The van der Waals surface area contributed by atoms with E-state index in [0.29, 0.717) is 34.5 Å². The first-order valence-corrected chi connectivity index (χ1v) is 9.65. The molecule has 5 rings (SSSR count). The smallest absolute Gasteiger partial charge is 0.194 e. The van der Waals surface area contributed by atoms with Crippen LogP contribution in [0, 0.1) is 0 Å². The summed E-state index contributed by atoms with van der Waals surface area (Å²) >= 11 is 0. The Balaban J connectivity index is 1.32. The second kappa shape index (κ2) is 7.24. The van der Waals surface area contributed by atoms with Gasteiger partial charge < -0.3 is 14.4 Å². The molecule has 3 aromatic carbocycles. The molecule has 1 aliphatic carbocycles. The zero-order chi connectivity index (χ0) is 20.7. The zero-order valence-electron chi connectivity index (χ0n) is 16.0. The molecule has 0 spiro atoms. The summed E-state index contributed by atoms with van der Waals surface area (Å²) in [5.74, 6) is 0.0682. The van der Waals surface area contributed by atoms with E-state index in [1.807, 2.05) is 28.8 Å². The van der Waals surface area contributed by atoms with E-state index >= 15 is 0 Å². The highest BCUT2D eigenvalue weighted by atomic mass is 16.5. The van der Waals surface area contributed by atoms with Crippen LogP contribution in [-0.4, -0.2) is 38.9 Å². The molecule has 1 atom stereocenters. The number of aliphatic hydroxyl groups excluding tert-OH is 1. The Morgan fingerprint density at radius 1 is 0.867 bits per heavy atom. The molecule has 0 radical (unpaired) electrons. The first-order chi connectivity index (χ1) is 14.6. The molecule has 148 valence electrons. The minimum Gasteiger partial charge on any atom is -0.491 e. The minimum absolute atomic E-state index is 0.0457. The van der Waals surface area contributed by atoms with Crippen LogP contribution in [0.15, 0.2) is 73.1 Å². The molecule has 6 heteroatoms. The Morgan fingerprint density at radius 3 is 2.33 bits per heavy atom. The van der Waals surface area contributed by atoms with E-state index in [2.05, 4.69) is 4.98 Å². The Kier molecular flexibility index (Phi) is 4.41. The number of hydrogen-bond donors (Lipinski definition) is 1. The van der Waals surface area contributed by atoms with Crippen molar-refractivity contribution in [1.29, 1.82) is 0 Å². The first-order valence-electron chi connectivity index (χ1n) is 9.65. The molecule has 4 aromatic rings. The molecule has 0 saturated heterocycles. The summed E-state index contributed by atoms with van der Waals surface area (Å²) in [7, 11) is 0. The van der Waals surface area contributed by atoms with Gasteiger partial charge in [-0.05, 0) is 30.3 Å². The Labute approximate surface area is 172 Å². The lowest BCUT2D eigenvalue weighted by Gasteiger charge is -2.19. The lowest BCUT2D eigenvalue weighted by Crippen LogP contribution is -2.24. The third-order valence-corrected chi connectivity index (χ3v) is 5.27. The average molecular weight is 398 g/mol. The number of carbonyl (C=O) groups excluding carboxylic acids is 2. The van der Waals surface area contributed by atoms with Crippen LogP contribution in [0.25, 0.3) is 11.0 Å². The fourth-order valence-electron chi connectivity index (χ4n) is 3.80. The van der Waals surface area contributed by atoms with Gasteiger partial charge in [-0.25, -0.2) is 4.98 Å². The molecule has 30 heavy (non-hydrogen) atoms. The van der Waals surface area contributed by atoms with E-state index in [1.165, 1.54) is 0 Å². The number of benzene rings is 3. The highest BCUT2D eigenvalue weighted by Crippen LogP contribution is 2.29. The molecular formula is C24H18N2O4. The van der Waals surface area contributed by atoms with Gasteiger partial charge in [-0.2, -0.15) is 0 Å². The van der Waals surface area contributed by atoms with Crippen molar-refractivity contribution < 1.29 is 19.4 Å². The summed E-state index contributed by atoms with van der Waals surface area (Å²) in [6, 6.07) is 19.3. The lowest BCUT2D eigenvalue weighted by atomic mass is 9.84. The van der Waals surface area contributed by atoms with Crippen LogP contribution >= 0.6 is 0 Å². The fourth-order valence-corrected chi connectivity index (χ4v) is 3.80. The number of hydrogen-bond acceptors (Lipinski definition) is 5. The Morgan fingerprint density at radius 2 is 1.53 bits per heavy atom. The number of ketones is 2. The van der Waals surface area contributed by atoms with Gasteiger partial charge >= 0.3 is 0 Å². The van der Waals surface area contributed by atoms with E-state index in [0.717, 1.165) is 11.0 Å². The van der Waals surface area contributed by atoms with Crippen LogP contribution in [0.1, 0.15) is 31.8 Å². The molecule has 0 bridgehead atoms. The Bertz CT molecular complexity index is 1290. The summed E-state index contributed by atoms with van der Waals surface area (Å²) in [6.07, 6.45) is 0.922. The van der Waals surface area contributed by atoms with Crippen molar-refractivity contribution in [2.24, 2.45) is 0 Å². The highest BCUT2D eigenvalue weighted by molar-refractivity contribution is 6.28. The van der Waals surface area contributed by atoms with Crippen LogP contribution in [0.4, 0.5) is 0 Å². The van der Waals surface area contributed by atoms with Crippen molar-refractivity contribution >= 4 is 22.6 Å². The summed E-state index contributed by atoms with van der Waals surface area (Å²) in [5.41, 5.74) is 3.32. The van der Waals surface area contributed by atoms with Gasteiger partial charge in [-0.1, -0.05) is 36.4 Å². The standard InChI is InChI=1S/C24H18N2O4/c27-15(12-26-14-25-21-7-3-4-8-22(21)26)13-30-16-9-10-19-20(11-16)24(29)18-6-2-1-5-17(18)23(19)28/h1-11,14-15,27H,12-13H2. The van der Waals surface area contributed by atoms with Gasteiger partial charge in [0.25, 0.3) is 0 Å². The van der Waals surface area contributed by atoms with Gasteiger partial charge in [0.1, 0.15) is 18.5 Å². The maximum absolute atomic E-state index is 12.8.